The third-order valence-electron chi connectivity index (χ3n) is 5.19. The van der Waals surface area contributed by atoms with Crippen molar-refractivity contribution in [3.8, 4) is 11.5 Å². The first-order chi connectivity index (χ1) is 10.1. The summed E-state index contributed by atoms with van der Waals surface area (Å²) in [7, 11) is 5.43. The van der Waals surface area contributed by atoms with Gasteiger partial charge < -0.3 is 14.8 Å². The zero-order valence-electron chi connectivity index (χ0n) is 14.0. The highest BCUT2D eigenvalue weighted by atomic mass is 16.5. The maximum atomic E-state index is 5.44. The predicted octanol–water partition coefficient (Wildman–Crippen LogP) is 4.04. The van der Waals surface area contributed by atoms with Crippen LogP contribution in [0.1, 0.15) is 44.7 Å². The van der Waals surface area contributed by atoms with E-state index in [4.69, 9.17) is 9.47 Å². The van der Waals surface area contributed by atoms with Crippen molar-refractivity contribution in [3.05, 3.63) is 23.8 Å². The highest BCUT2D eigenvalue weighted by Crippen LogP contribution is 2.41. The highest BCUT2D eigenvalue weighted by Gasteiger charge is 2.30. The van der Waals surface area contributed by atoms with Crippen LogP contribution in [0.4, 0.5) is 0 Å². The lowest BCUT2D eigenvalue weighted by Crippen LogP contribution is -2.31. The number of hydrogen-bond acceptors (Lipinski definition) is 3. The minimum Gasteiger partial charge on any atom is -0.493 e. The Morgan fingerprint density at radius 1 is 1.05 bits per heavy atom. The zero-order chi connectivity index (χ0) is 15.4. The molecule has 0 aliphatic heterocycles. The summed E-state index contributed by atoms with van der Waals surface area (Å²) in [5.74, 6) is 3.96. The van der Waals surface area contributed by atoms with E-state index in [1.54, 1.807) is 14.2 Å². The number of nitrogens with one attached hydrogen (secondary N) is 1. The van der Waals surface area contributed by atoms with E-state index in [2.05, 4.69) is 38.3 Å². The molecule has 0 amide bonds. The second-order valence-corrected chi connectivity index (χ2v) is 6.41. The average Bonchev–Trinajstić information content (AvgIpc) is 2.51. The van der Waals surface area contributed by atoms with Crippen LogP contribution in [0.25, 0.3) is 0 Å². The first kappa shape index (κ1) is 16.2. The Morgan fingerprint density at radius 2 is 1.76 bits per heavy atom. The Kier molecular flexibility index (Phi) is 5.51. The van der Waals surface area contributed by atoms with E-state index in [1.807, 2.05) is 6.07 Å². The Balaban J connectivity index is 2.21. The van der Waals surface area contributed by atoms with Crippen molar-refractivity contribution < 1.29 is 9.47 Å². The topological polar surface area (TPSA) is 30.5 Å². The standard InChI is InChI=1S/C18H29NO2/c1-12-6-7-14(10-13(12)2)18(19-3)15-8-9-16(20-4)17(11-15)21-5/h8-9,11-14,18-19H,6-7,10H2,1-5H3. The number of benzene rings is 1. The van der Waals surface area contributed by atoms with Gasteiger partial charge in [0, 0.05) is 6.04 Å². The summed E-state index contributed by atoms with van der Waals surface area (Å²) in [5.41, 5.74) is 1.29. The summed E-state index contributed by atoms with van der Waals surface area (Å²) in [6, 6.07) is 6.67. The lowest BCUT2D eigenvalue weighted by Gasteiger charge is -2.37. The van der Waals surface area contributed by atoms with Crippen LogP contribution in [0, 0.1) is 17.8 Å². The Morgan fingerprint density at radius 3 is 2.33 bits per heavy atom. The molecule has 3 nitrogen and oxygen atoms in total. The molecule has 2 rings (SSSR count). The van der Waals surface area contributed by atoms with Crippen LogP contribution in [0.5, 0.6) is 11.5 Å². The van der Waals surface area contributed by atoms with Crippen LogP contribution in [0.15, 0.2) is 18.2 Å². The van der Waals surface area contributed by atoms with Crippen LogP contribution in [-0.4, -0.2) is 21.3 Å². The van der Waals surface area contributed by atoms with Gasteiger partial charge in [-0.05, 0) is 55.3 Å². The van der Waals surface area contributed by atoms with E-state index in [9.17, 15) is 0 Å². The minimum atomic E-state index is 0.389. The fraction of sp³-hybridized carbons (Fsp3) is 0.667. The Labute approximate surface area is 129 Å². The van der Waals surface area contributed by atoms with Gasteiger partial charge in [-0.1, -0.05) is 26.3 Å². The molecule has 0 aromatic heterocycles. The van der Waals surface area contributed by atoms with Crippen molar-refractivity contribution in [2.45, 2.75) is 39.2 Å². The molecule has 1 aromatic carbocycles. The van der Waals surface area contributed by atoms with E-state index in [0.717, 1.165) is 23.3 Å². The van der Waals surface area contributed by atoms with Crippen molar-refractivity contribution in [1.29, 1.82) is 0 Å². The Bertz CT molecular complexity index is 461. The van der Waals surface area contributed by atoms with Gasteiger partial charge in [-0.15, -0.1) is 0 Å². The zero-order valence-corrected chi connectivity index (χ0v) is 14.0. The maximum Gasteiger partial charge on any atom is 0.161 e. The third-order valence-corrected chi connectivity index (χ3v) is 5.19. The highest BCUT2D eigenvalue weighted by molar-refractivity contribution is 5.44. The van der Waals surface area contributed by atoms with E-state index in [1.165, 1.54) is 24.8 Å². The third kappa shape index (κ3) is 3.52. The molecule has 4 atom stereocenters. The van der Waals surface area contributed by atoms with Crippen LogP contribution < -0.4 is 14.8 Å². The van der Waals surface area contributed by atoms with Gasteiger partial charge in [0.25, 0.3) is 0 Å². The van der Waals surface area contributed by atoms with Gasteiger partial charge in [0.15, 0.2) is 11.5 Å². The second-order valence-electron chi connectivity index (χ2n) is 6.41. The van der Waals surface area contributed by atoms with Crippen LogP contribution in [0.2, 0.25) is 0 Å². The number of ether oxygens (including phenoxy) is 2. The smallest absolute Gasteiger partial charge is 0.161 e. The number of methoxy groups -OCH3 is 2. The molecule has 0 heterocycles. The lowest BCUT2D eigenvalue weighted by atomic mass is 9.72. The Hall–Kier alpha value is -1.22. The van der Waals surface area contributed by atoms with Crippen LogP contribution >= 0.6 is 0 Å². The largest absolute Gasteiger partial charge is 0.493 e. The van der Waals surface area contributed by atoms with Gasteiger partial charge in [-0.2, -0.15) is 0 Å². The fourth-order valence-electron chi connectivity index (χ4n) is 3.61. The normalized spacial score (nSPS) is 27.2. The molecule has 1 aliphatic rings. The van der Waals surface area contributed by atoms with Crippen LogP contribution in [-0.2, 0) is 0 Å². The monoisotopic (exact) mass is 291 g/mol. The summed E-state index contributed by atoms with van der Waals surface area (Å²) in [6.07, 6.45) is 3.92. The first-order valence-electron chi connectivity index (χ1n) is 7.99. The quantitative estimate of drug-likeness (QED) is 0.888. The summed E-state index contributed by atoms with van der Waals surface area (Å²) < 4.78 is 10.8. The van der Waals surface area contributed by atoms with Crippen molar-refractivity contribution in [3.63, 3.8) is 0 Å². The summed E-state index contributed by atoms with van der Waals surface area (Å²) >= 11 is 0. The fourth-order valence-corrected chi connectivity index (χ4v) is 3.61. The van der Waals surface area contributed by atoms with E-state index in [0.29, 0.717) is 12.0 Å². The molecule has 0 saturated heterocycles. The molecule has 4 unspecified atom stereocenters. The minimum absolute atomic E-state index is 0.389. The molecule has 1 aliphatic carbocycles. The molecule has 21 heavy (non-hydrogen) atoms. The SMILES string of the molecule is CNC(c1ccc(OC)c(OC)c1)C1CCC(C)C(C)C1. The molecule has 118 valence electrons. The van der Waals surface area contributed by atoms with Gasteiger partial charge in [0.2, 0.25) is 0 Å². The van der Waals surface area contributed by atoms with Gasteiger partial charge in [-0.25, -0.2) is 0 Å². The van der Waals surface area contributed by atoms with Crippen molar-refractivity contribution in [2.24, 2.45) is 17.8 Å². The molecule has 0 spiro atoms. The van der Waals surface area contributed by atoms with Crippen molar-refractivity contribution >= 4 is 0 Å². The molecule has 0 bridgehead atoms. The van der Waals surface area contributed by atoms with Crippen molar-refractivity contribution in [2.75, 3.05) is 21.3 Å². The molecule has 1 N–H and O–H groups in total. The van der Waals surface area contributed by atoms with E-state index < -0.39 is 0 Å². The summed E-state index contributed by atoms with van der Waals surface area (Å²) in [5, 5.41) is 3.52. The second kappa shape index (κ2) is 7.17. The van der Waals surface area contributed by atoms with Gasteiger partial charge in [0.1, 0.15) is 0 Å². The molecular formula is C18H29NO2. The van der Waals surface area contributed by atoms with Crippen LogP contribution in [0.3, 0.4) is 0 Å². The molecule has 3 heteroatoms. The van der Waals surface area contributed by atoms with Crippen molar-refractivity contribution in [1.82, 2.24) is 5.32 Å². The molecule has 1 saturated carbocycles. The maximum absolute atomic E-state index is 5.44. The van der Waals surface area contributed by atoms with Gasteiger partial charge >= 0.3 is 0 Å². The van der Waals surface area contributed by atoms with Gasteiger partial charge in [0.05, 0.1) is 14.2 Å². The van der Waals surface area contributed by atoms with E-state index >= 15 is 0 Å². The predicted molar refractivity (Wildman–Crippen MR) is 87.0 cm³/mol. The molecule has 1 aromatic rings. The van der Waals surface area contributed by atoms with Gasteiger partial charge in [-0.3, -0.25) is 0 Å². The molecule has 1 fully saturated rings. The summed E-state index contributed by atoms with van der Waals surface area (Å²) in [6.45, 7) is 4.77. The molecule has 0 radical (unpaired) electrons. The summed E-state index contributed by atoms with van der Waals surface area (Å²) in [4.78, 5) is 0. The lowest BCUT2D eigenvalue weighted by molar-refractivity contribution is 0.174. The first-order valence-corrected chi connectivity index (χ1v) is 7.99. The number of rotatable bonds is 5. The van der Waals surface area contributed by atoms with E-state index in [-0.39, 0.29) is 0 Å². The molecular weight excluding hydrogens is 262 g/mol. The average molecular weight is 291 g/mol. The number of hydrogen-bond donors (Lipinski definition) is 1.